The zero-order chi connectivity index (χ0) is 20.7. The number of fused-ring (bicyclic) bond motifs is 1. The summed E-state index contributed by atoms with van der Waals surface area (Å²) in [5.74, 6) is -2.07. The molecule has 0 radical (unpaired) electrons. The van der Waals surface area contributed by atoms with Gasteiger partial charge in [0.2, 0.25) is 11.6 Å². The Morgan fingerprint density at radius 1 is 1.11 bits per heavy atom. The van der Waals surface area contributed by atoms with Crippen LogP contribution in [-0.4, -0.2) is 45.1 Å². The lowest BCUT2D eigenvalue weighted by Gasteiger charge is -2.12. The molecule has 0 bridgehead atoms. The Hall–Kier alpha value is -3.15. The van der Waals surface area contributed by atoms with E-state index in [1.807, 2.05) is 13.0 Å². The predicted octanol–water partition coefficient (Wildman–Crippen LogP) is 0.439. The van der Waals surface area contributed by atoms with Gasteiger partial charge in [-0.3, -0.25) is 13.8 Å². The average Bonchev–Trinajstić information content (AvgIpc) is 2.51. The highest BCUT2D eigenvalue weighted by Gasteiger charge is 2.27. The molecule has 27 heavy (non-hydrogen) atoms. The summed E-state index contributed by atoms with van der Waals surface area (Å²) >= 11 is -3.11. The maximum Gasteiger partial charge on any atom is 0.345 e. The van der Waals surface area contributed by atoms with Crippen LogP contribution in [-0.2, 0) is 16.2 Å². The third kappa shape index (κ3) is 6.58. The second-order valence-corrected chi connectivity index (χ2v) is 5.55. The fraction of sp³-hybridized carbons (Fsp3) is 0.125. The molecule has 0 saturated heterocycles. The summed E-state index contributed by atoms with van der Waals surface area (Å²) in [6, 6.07) is 5.99. The third-order valence-electron chi connectivity index (χ3n) is 3.04. The number of carbonyl (C=O) groups is 2. The minimum absolute atomic E-state index is 0.0251. The summed E-state index contributed by atoms with van der Waals surface area (Å²) in [6.07, 6.45) is 0.810. The smallest absolute Gasteiger partial charge is 0.345 e. The van der Waals surface area contributed by atoms with Crippen molar-refractivity contribution in [3.63, 3.8) is 0 Å². The lowest BCUT2D eigenvalue weighted by molar-refractivity contribution is -0.111. The number of allylic oxidation sites excluding steroid dienone is 1. The van der Waals surface area contributed by atoms with Crippen LogP contribution in [0.3, 0.4) is 0 Å². The van der Waals surface area contributed by atoms with Gasteiger partial charge in [-0.15, -0.1) is 11.4 Å². The van der Waals surface area contributed by atoms with Gasteiger partial charge in [0.05, 0.1) is 5.56 Å². The highest BCUT2D eigenvalue weighted by atomic mass is 32.2. The first-order valence-corrected chi connectivity index (χ1v) is 8.16. The van der Waals surface area contributed by atoms with Crippen LogP contribution in [0.2, 0.25) is 0 Å². The lowest BCUT2D eigenvalue weighted by Crippen LogP contribution is -2.18. The number of nitrogens with one attached hydrogen (secondary N) is 1. The van der Waals surface area contributed by atoms with Gasteiger partial charge in [0.15, 0.2) is 0 Å². The van der Waals surface area contributed by atoms with Gasteiger partial charge in [0.1, 0.15) is 11.5 Å². The molecule has 1 aromatic heterocycles. The van der Waals surface area contributed by atoms with Gasteiger partial charge in [-0.1, -0.05) is 6.07 Å². The van der Waals surface area contributed by atoms with Crippen LogP contribution in [0.15, 0.2) is 35.1 Å². The number of aliphatic hydroxyl groups is 1. The van der Waals surface area contributed by atoms with Crippen LogP contribution in [0.1, 0.15) is 27.3 Å². The molecule has 1 heterocycles. The third-order valence-corrected chi connectivity index (χ3v) is 3.04. The SMILES string of the molecule is Cc1cc(C)[nH]c(=O)n1.O=C1C=C(O)c2c(O)cccc2C1=O.O=S([O-])[O-]. The molecule has 0 saturated carbocycles. The molecule has 11 heteroatoms. The van der Waals surface area contributed by atoms with Crippen molar-refractivity contribution in [1.82, 2.24) is 9.97 Å². The minimum atomic E-state index is -3.11. The molecule has 1 aliphatic carbocycles. The molecular formula is C16H14N2O8S-2. The molecule has 3 N–H and O–H groups in total. The van der Waals surface area contributed by atoms with Gasteiger partial charge in [-0.05, 0) is 32.0 Å². The Balaban J connectivity index is 0.000000241. The van der Waals surface area contributed by atoms with E-state index >= 15 is 0 Å². The van der Waals surface area contributed by atoms with Gasteiger partial charge in [0.25, 0.3) is 0 Å². The summed E-state index contributed by atoms with van der Waals surface area (Å²) in [5, 5.41) is 18.7. The average molecular weight is 394 g/mol. The molecule has 0 unspecified atom stereocenters. The molecule has 0 spiro atoms. The minimum Gasteiger partial charge on any atom is -0.784 e. The molecule has 0 aliphatic heterocycles. The van der Waals surface area contributed by atoms with Crippen molar-refractivity contribution < 1.29 is 33.1 Å². The van der Waals surface area contributed by atoms with Crippen LogP contribution in [0, 0.1) is 13.8 Å². The van der Waals surface area contributed by atoms with Crippen molar-refractivity contribution in [1.29, 1.82) is 0 Å². The van der Waals surface area contributed by atoms with E-state index in [1.165, 1.54) is 18.2 Å². The number of Topliss-reactive ketones (excluding diaryl/α,β-unsaturated/α-hetero) is 1. The molecular weight excluding hydrogens is 380 g/mol. The number of aryl methyl sites for hydroxylation is 2. The highest BCUT2D eigenvalue weighted by molar-refractivity contribution is 7.72. The van der Waals surface area contributed by atoms with Gasteiger partial charge in [-0.25, -0.2) is 4.79 Å². The van der Waals surface area contributed by atoms with Crippen LogP contribution in [0.4, 0.5) is 0 Å². The van der Waals surface area contributed by atoms with Gasteiger partial charge in [0, 0.05) is 23.0 Å². The first-order chi connectivity index (χ1) is 12.5. The maximum atomic E-state index is 11.3. The van der Waals surface area contributed by atoms with E-state index < -0.39 is 22.9 Å². The first kappa shape index (κ1) is 21.9. The topological polar surface area (TPSA) is 184 Å². The highest BCUT2D eigenvalue weighted by Crippen LogP contribution is 2.30. The van der Waals surface area contributed by atoms with Crippen LogP contribution in [0.5, 0.6) is 5.75 Å². The Kier molecular flexibility index (Phi) is 7.72. The Morgan fingerprint density at radius 3 is 2.22 bits per heavy atom. The fourth-order valence-electron chi connectivity index (χ4n) is 2.13. The summed E-state index contributed by atoms with van der Waals surface area (Å²) in [6.45, 7) is 3.62. The monoisotopic (exact) mass is 394 g/mol. The Labute approximate surface area is 155 Å². The molecule has 2 aromatic rings. The number of phenols is 1. The standard InChI is InChI=1S/C10H6O4.C6H8N2O.H2O3S/c11-6-3-1-2-5-9(6)7(12)4-8(13)10(5)14;1-4-3-5(2)8-6(9)7-4;1-4(2)3/h1-4,11-12H;3H,1-2H3,(H,7,8,9);(H2,1,2,3)/p-2. The number of hydrogen-bond acceptors (Lipinski definition) is 9. The summed E-state index contributed by atoms with van der Waals surface area (Å²) < 4.78 is 25.3. The van der Waals surface area contributed by atoms with E-state index in [-0.39, 0.29) is 28.3 Å². The quantitative estimate of drug-likeness (QED) is 0.421. The normalized spacial score (nSPS) is 12.3. The van der Waals surface area contributed by atoms with Crippen molar-refractivity contribution in [2.75, 3.05) is 0 Å². The number of benzene rings is 1. The molecule has 0 fully saturated rings. The number of ketones is 2. The number of aromatic hydroxyl groups is 1. The Morgan fingerprint density at radius 2 is 1.70 bits per heavy atom. The number of aromatic amines is 1. The number of H-pyrrole nitrogens is 1. The fourth-order valence-corrected chi connectivity index (χ4v) is 2.13. The largest absolute Gasteiger partial charge is 0.784 e. The van der Waals surface area contributed by atoms with Crippen molar-refractivity contribution in [3.05, 3.63) is 63.3 Å². The van der Waals surface area contributed by atoms with Crippen LogP contribution < -0.4 is 5.69 Å². The molecule has 0 atom stereocenters. The van der Waals surface area contributed by atoms with Crippen molar-refractivity contribution in [3.8, 4) is 5.75 Å². The number of rotatable bonds is 0. The number of carbonyl (C=O) groups excluding carboxylic acids is 2. The van der Waals surface area contributed by atoms with Crippen LogP contribution >= 0.6 is 0 Å². The second kappa shape index (κ2) is 9.52. The number of hydrogen-bond donors (Lipinski definition) is 3. The Bertz CT molecular complexity index is 953. The first-order valence-electron chi connectivity index (χ1n) is 7.16. The van der Waals surface area contributed by atoms with E-state index in [2.05, 4.69) is 9.97 Å². The van der Waals surface area contributed by atoms with Crippen LogP contribution in [0.25, 0.3) is 5.76 Å². The number of nitrogens with zero attached hydrogens (tertiary/aromatic N) is 1. The summed E-state index contributed by atoms with van der Waals surface area (Å²) in [4.78, 5) is 39.0. The number of aromatic nitrogens is 2. The molecule has 1 aromatic carbocycles. The van der Waals surface area contributed by atoms with Gasteiger partial charge >= 0.3 is 5.69 Å². The van der Waals surface area contributed by atoms with Crippen molar-refractivity contribution in [2.24, 2.45) is 0 Å². The summed E-state index contributed by atoms with van der Waals surface area (Å²) in [5.41, 5.74) is 1.41. The van der Waals surface area contributed by atoms with Gasteiger partial charge < -0.3 is 24.3 Å². The second-order valence-electron chi connectivity index (χ2n) is 5.14. The number of phenolic OH excluding ortho intramolecular Hbond substituents is 1. The van der Waals surface area contributed by atoms with E-state index in [4.69, 9.17) is 13.3 Å². The predicted molar refractivity (Wildman–Crippen MR) is 92.1 cm³/mol. The maximum absolute atomic E-state index is 11.3. The van der Waals surface area contributed by atoms with E-state index in [9.17, 15) is 24.6 Å². The number of aliphatic hydroxyl groups excluding tert-OH is 1. The van der Waals surface area contributed by atoms with E-state index in [1.54, 1.807) is 6.92 Å². The zero-order valence-corrected chi connectivity index (χ0v) is 14.9. The van der Waals surface area contributed by atoms with E-state index in [0.717, 1.165) is 17.5 Å². The van der Waals surface area contributed by atoms with Gasteiger partial charge in [-0.2, -0.15) is 4.98 Å². The van der Waals surface area contributed by atoms with E-state index in [0.29, 0.717) is 0 Å². The molecule has 10 nitrogen and oxygen atoms in total. The zero-order valence-electron chi connectivity index (χ0n) is 14.1. The molecule has 3 rings (SSSR count). The molecule has 1 aliphatic rings. The molecule has 144 valence electrons. The van der Waals surface area contributed by atoms with Crippen molar-refractivity contribution >= 4 is 28.7 Å². The summed E-state index contributed by atoms with van der Waals surface area (Å²) in [7, 11) is 0. The molecule has 0 amide bonds. The van der Waals surface area contributed by atoms with Crippen molar-refractivity contribution in [2.45, 2.75) is 13.8 Å². The lowest BCUT2D eigenvalue weighted by atomic mass is 9.93.